The number of para-hydroxylation sites is 2. The van der Waals surface area contributed by atoms with Gasteiger partial charge in [-0.05, 0) is 59.0 Å². The van der Waals surface area contributed by atoms with E-state index in [4.69, 9.17) is 4.74 Å². The van der Waals surface area contributed by atoms with Crippen molar-refractivity contribution in [2.45, 2.75) is 6.36 Å². The highest BCUT2D eigenvalue weighted by molar-refractivity contribution is 14.1. The number of hydrogen-bond donors (Lipinski definition) is 0. The Morgan fingerprint density at radius 2 is 1.42 bits per heavy atom. The molecule has 100 valence electrons. The fourth-order valence-electron chi connectivity index (χ4n) is 1.37. The predicted octanol–water partition coefficient (Wildman–Crippen LogP) is 4.98. The van der Waals surface area contributed by atoms with Crippen molar-refractivity contribution in [3.05, 3.63) is 52.1 Å². The zero-order valence-corrected chi connectivity index (χ0v) is 11.6. The van der Waals surface area contributed by atoms with Gasteiger partial charge in [0.15, 0.2) is 11.5 Å². The lowest BCUT2D eigenvalue weighted by Gasteiger charge is -2.13. The van der Waals surface area contributed by atoms with Crippen molar-refractivity contribution in [1.29, 1.82) is 0 Å². The molecule has 0 saturated heterocycles. The third kappa shape index (κ3) is 4.30. The molecule has 2 aromatic rings. The summed E-state index contributed by atoms with van der Waals surface area (Å²) in [5, 5.41) is 0. The van der Waals surface area contributed by atoms with Gasteiger partial charge in [0, 0.05) is 3.57 Å². The summed E-state index contributed by atoms with van der Waals surface area (Å²) in [7, 11) is 0. The van der Waals surface area contributed by atoms with Crippen LogP contribution in [0.25, 0.3) is 0 Å². The summed E-state index contributed by atoms with van der Waals surface area (Å²) < 4.78 is 47.0. The number of rotatable bonds is 3. The van der Waals surface area contributed by atoms with E-state index in [0.29, 0.717) is 5.75 Å². The molecule has 0 aliphatic rings. The van der Waals surface area contributed by atoms with Crippen LogP contribution in [0.2, 0.25) is 0 Å². The van der Waals surface area contributed by atoms with Gasteiger partial charge >= 0.3 is 6.36 Å². The molecule has 2 nitrogen and oxygen atoms in total. The maximum absolute atomic E-state index is 12.2. The molecule has 0 saturated carbocycles. The molecular formula is C13H8F3IO2. The lowest BCUT2D eigenvalue weighted by atomic mass is 10.3. The Bertz CT molecular complexity index is 553. The summed E-state index contributed by atoms with van der Waals surface area (Å²) in [6.45, 7) is 0. The average molecular weight is 380 g/mol. The SMILES string of the molecule is FC(F)(F)Oc1ccccc1Oc1ccc(I)cc1. The van der Waals surface area contributed by atoms with E-state index in [1.165, 1.54) is 18.2 Å². The molecular weight excluding hydrogens is 372 g/mol. The van der Waals surface area contributed by atoms with Crippen LogP contribution in [0.15, 0.2) is 48.5 Å². The first-order valence-corrected chi connectivity index (χ1v) is 6.30. The average Bonchev–Trinajstić information content (AvgIpc) is 2.33. The summed E-state index contributed by atoms with van der Waals surface area (Å²) in [6, 6.07) is 12.6. The minimum absolute atomic E-state index is 0.0148. The molecule has 0 bridgehead atoms. The van der Waals surface area contributed by atoms with Gasteiger partial charge in [0.05, 0.1) is 0 Å². The van der Waals surface area contributed by atoms with Crippen LogP contribution in [0.1, 0.15) is 0 Å². The summed E-state index contributed by atoms with van der Waals surface area (Å²) in [4.78, 5) is 0. The van der Waals surface area contributed by atoms with Crippen molar-refractivity contribution in [3.63, 3.8) is 0 Å². The zero-order chi connectivity index (χ0) is 13.9. The van der Waals surface area contributed by atoms with Gasteiger partial charge in [-0.25, -0.2) is 0 Å². The van der Waals surface area contributed by atoms with Crippen LogP contribution < -0.4 is 9.47 Å². The Balaban J connectivity index is 2.22. The van der Waals surface area contributed by atoms with Crippen molar-refractivity contribution in [2.24, 2.45) is 0 Å². The van der Waals surface area contributed by atoms with Crippen LogP contribution in [0.5, 0.6) is 17.2 Å². The van der Waals surface area contributed by atoms with Crippen LogP contribution in [-0.2, 0) is 0 Å². The molecule has 0 atom stereocenters. The van der Waals surface area contributed by atoms with Crippen LogP contribution in [-0.4, -0.2) is 6.36 Å². The Morgan fingerprint density at radius 1 is 0.842 bits per heavy atom. The highest BCUT2D eigenvalue weighted by atomic mass is 127. The minimum Gasteiger partial charge on any atom is -0.453 e. The maximum Gasteiger partial charge on any atom is 0.573 e. The summed E-state index contributed by atoms with van der Waals surface area (Å²) >= 11 is 2.12. The molecule has 0 fully saturated rings. The van der Waals surface area contributed by atoms with Crippen LogP contribution in [0.3, 0.4) is 0 Å². The molecule has 0 N–H and O–H groups in total. The smallest absolute Gasteiger partial charge is 0.453 e. The number of alkyl halides is 3. The number of benzene rings is 2. The maximum atomic E-state index is 12.2. The Kier molecular flexibility index (Phi) is 4.18. The first-order valence-electron chi connectivity index (χ1n) is 5.22. The van der Waals surface area contributed by atoms with Gasteiger partial charge in [-0.3, -0.25) is 0 Å². The monoisotopic (exact) mass is 380 g/mol. The highest BCUT2D eigenvalue weighted by Gasteiger charge is 2.32. The topological polar surface area (TPSA) is 18.5 Å². The normalized spacial score (nSPS) is 11.2. The molecule has 0 aromatic heterocycles. The number of halogens is 4. The van der Waals surface area contributed by atoms with Gasteiger partial charge in [0.25, 0.3) is 0 Å². The first-order chi connectivity index (χ1) is 8.94. The van der Waals surface area contributed by atoms with E-state index >= 15 is 0 Å². The van der Waals surface area contributed by atoms with E-state index in [0.717, 1.165) is 3.57 Å². The van der Waals surface area contributed by atoms with Crippen LogP contribution in [0, 0.1) is 3.57 Å². The lowest BCUT2D eigenvalue weighted by Crippen LogP contribution is -2.17. The largest absolute Gasteiger partial charge is 0.573 e. The standard InChI is InChI=1S/C13H8F3IO2/c14-13(15,16)19-12-4-2-1-3-11(12)18-10-7-5-9(17)6-8-10/h1-8H. The molecule has 0 spiro atoms. The van der Waals surface area contributed by atoms with E-state index in [1.54, 1.807) is 30.3 Å². The Labute approximate surface area is 121 Å². The number of hydrogen-bond acceptors (Lipinski definition) is 2. The second-order valence-electron chi connectivity index (χ2n) is 3.55. The van der Waals surface area contributed by atoms with Gasteiger partial charge in [0.1, 0.15) is 5.75 Å². The van der Waals surface area contributed by atoms with Crippen molar-refractivity contribution >= 4 is 22.6 Å². The summed E-state index contributed by atoms with van der Waals surface area (Å²) in [5.74, 6) is 0.0909. The van der Waals surface area contributed by atoms with Gasteiger partial charge < -0.3 is 9.47 Å². The molecule has 0 heterocycles. The molecule has 0 amide bonds. The fourth-order valence-corrected chi connectivity index (χ4v) is 1.73. The van der Waals surface area contributed by atoms with Crippen molar-refractivity contribution in [2.75, 3.05) is 0 Å². The predicted molar refractivity (Wildman–Crippen MR) is 72.4 cm³/mol. The molecule has 6 heteroatoms. The molecule has 0 radical (unpaired) electrons. The first kappa shape index (κ1) is 14.0. The van der Waals surface area contributed by atoms with Gasteiger partial charge in [0.2, 0.25) is 0 Å². The molecule has 0 aliphatic heterocycles. The third-order valence-corrected chi connectivity index (χ3v) is 2.84. The van der Waals surface area contributed by atoms with Gasteiger partial charge in [-0.1, -0.05) is 12.1 Å². The van der Waals surface area contributed by atoms with E-state index in [2.05, 4.69) is 27.3 Å². The summed E-state index contributed by atoms with van der Waals surface area (Å²) in [6.07, 6.45) is -4.74. The van der Waals surface area contributed by atoms with E-state index < -0.39 is 6.36 Å². The zero-order valence-electron chi connectivity index (χ0n) is 9.45. The highest BCUT2D eigenvalue weighted by Crippen LogP contribution is 2.34. The lowest BCUT2D eigenvalue weighted by molar-refractivity contribution is -0.275. The Hall–Kier alpha value is -1.44. The second-order valence-corrected chi connectivity index (χ2v) is 4.80. The summed E-state index contributed by atoms with van der Waals surface area (Å²) in [5.41, 5.74) is 0. The van der Waals surface area contributed by atoms with E-state index in [1.807, 2.05) is 0 Å². The molecule has 0 unspecified atom stereocenters. The van der Waals surface area contributed by atoms with Crippen LogP contribution in [0.4, 0.5) is 13.2 Å². The molecule has 0 aliphatic carbocycles. The minimum atomic E-state index is -4.74. The van der Waals surface area contributed by atoms with Crippen LogP contribution >= 0.6 is 22.6 Å². The van der Waals surface area contributed by atoms with Gasteiger partial charge in [-0.15, -0.1) is 13.2 Å². The van der Waals surface area contributed by atoms with Crippen molar-refractivity contribution in [3.8, 4) is 17.2 Å². The van der Waals surface area contributed by atoms with Crippen molar-refractivity contribution in [1.82, 2.24) is 0 Å². The molecule has 19 heavy (non-hydrogen) atoms. The van der Waals surface area contributed by atoms with Crippen molar-refractivity contribution < 1.29 is 22.6 Å². The van der Waals surface area contributed by atoms with E-state index in [9.17, 15) is 13.2 Å². The Morgan fingerprint density at radius 3 is 2.00 bits per heavy atom. The fraction of sp³-hybridized carbons (Fsp3) is 0.0769. The second kappa shape index (κ2) is 5.68. The molecule has 2 aromatic carbocycles. The molecule has 2 rings (SSSR count). The third-order valence-electron chi connectivity index (χ3n) is 2.12. The number of ether oxygens (including phenoxy) is 2. The quantitative estimate of drug-likeness (QED) is 0.700. The van der Waals surface area contributed by atoms with E-state index in [-0.39, 0.29) is 11.5 Å². The van der Waals surface area contributed by atoms with Gasteiger partial charge in [-0.2, -0.15) is 0 Å².